The minimum atomic E-state index is 0.433. The molecule has 0 spiro atoms. The van der Waals surface area contributed by atoms with Crippen molar-refractivity contribution in [3.8, 4) is 11.5 Å². The van der Waals surface area contributed by atoms with Crippen LogP contribution in [-0.2, 0) is 6.54 Å². The number of rotatable bonds is 2. The summed E-state index contributed by atoms with van der Waals surface area (Å²) in [6, 6.07) is 5.63. The number of hydrogen-bond acceptors (Lipinski definition) is 4. The van der Waals surface area contributed by atoms with Crippen molar-refractivity contribution in [2.45, 2.75) is 6.54 Å². The van der Waals surface area contributed by atoms with E-state index in [0.29, 0.717) is 12.3 Å². The average Bonchev–Trinajstić information content (AvgIpc) is 2.71. The highest BCUT2D eigenvalue weighted by atomic mass is 16.3. The Morgan fingerprint density at radius 3 is 3.00 bits per heavy atom. The second-order valence-electron chi connectivity index (χ2n) is 2.58. The highest BCUT2D eigenvalue weighted by molar-refractivity contribution is 5.50. The van der Waals surface area contributed by atoms with Gasteiger partial charge in [-0.05, 0) is 12.1 Å². The first-order valence-electron chi connectivity index (χ1n) is 3.95. The Bertz CT molecular complexity index is 384. The molecule has 13 heavy (non-hydrogen) atoms. The monoisotopic (exact) mass is 175 g/mol. The van der Waals surface area contributed by atoms with Gasteiger partial charge in [-0.1, -0.05) is 6.07 Å². The predicted octanol–water partition coefficient (Wildman–Crippen LogP) is 1.20. The smallest absolute Gasteiger partial charge is 0.181 e. The number of oxazole rings is 1. The zero-order valence-corrected chi connectivity index (χ0v) is 6.97. The van der Waals surface area contributed by atoms with Crippen LogP contribution in [0.2, 0.25) is 0 Å². The molecule has 0 saturated carbocycles. The molecule has 2 heterocycles. The lowest BCUT2D eigenvalue weighted by atomic mass is 10.2. The maximum atomic E-state index is 5.46. The van der Waals surface area contributed by atoms with Crippen LogP contribution in [0.3, 0.4) is 0 Å². The molecule has 2 rings (SSSR count). The Kier molecular flexibility index (Phi) is 2.06. The molecule has 2 N–H and O–H groups in total. The molecule has 0 aromatic carbocycles. The van der Waals surface area contributed by atoms with Gasteiger partial charge in [0.15, 0.2) is 12.2 Å². The Balaban J connectivity index is 2.41. The van der Waals surface area contributed by atoms with Crippen LogP contribution in [0.25, 0.3) is 11.5 Å². The quantitative estimate of drug-likeness (QED) is 0.744. The summed E-state index contributed by atoms with van der Waals surface area (Å²) >= 11 is 0. The van der Waals surface area contributed by atoms with Crippen LogP contribution in [-0.4, -0.2) is 9.97 Å². The van der Waals surface area contributed by atoms with Crippen molar-refractivity contribution in [3.63, 3.8) is 0 Å². The van der Waals surface area contributed by atoms with Gasteiger partial charge in [0.25, 0.3) is 0 Å². The first kappa shape index (κ1) is 7.94. The van der Waals surface area contributed by atoms with E-state index in [-0.39, 0.29) is 0 Å². The fourth-order valence-corrected chi connectivity index (χ4v) is 1.07. The van der Waals surface area contributed by atoms with E-state index >= 15 is 0 Å². The van der Waals surface area contributed by atoms with E-state index in [0.717, 1.165) is 11.4 Å². The van der Waals surface area contributed by atoms with E-state index < -0.39 is 0 Å². The van der Waals surface area contributed by atoms with Crippen LogP contribution in [0.15, 0.2) is 35.2 Å². The molecule has 0 amide bonds. The largest absolute Gasteiger partial charge is 0.442 e. The Hall–Kier alpha value is -1.68. The topological polar surface area (TPSA) is 64.9 Å². The Morgan fingerprint density at radius 2 is 2.31 bits per heavy atom. The summed E-state index contributed by atoms with van der Waals surface area (Å²) in [7, 11) is 0. The van der Waals surface area contributed by atoms with Gasteiger partial charge in [-0.15, -0.1) is 0 Å². The summed E-state index contributed by atoms with van der Waals surface area (Å²) in [4.78, 5) is 8.09. The van der Waals surface area contributed by atoms with Crippen molar-refractivity contribution in [2.24, 2.45) is 5.73 Å². The summed E-state index contributed by atoms with van der Waals surface area (Å²) in [5.74, 6) is 0.662. The normalized spacial score (nSPS) is 10.2. The molecule has 2 aromatic heterocycles. The van der Waals surface area contributed by atoms with Gasteiger partial charge in [0.1, 0.15) is 5.69 Å². The first-order valence-corrected chi connectivity index (χ1v) is 3.95. The third-order valence-corrected chi connectivity index (χ3v) is 1.70. The summed E-state index contributed by atoms with van der Waals surface area (Å²) in [5.41, 5.74) is 7.07. The Labute approximate surface area is 75.4 Å². The van der Waals surface area contributed by atoms with Crippen LogP contribution >= 0.6 is 0 Å². The molecular weight excluding hydrogens is 166 g/mol. The maximum absolute atomic E-state index is 5.46. The number of hydrogen-bond donors (Lipinski definition) is 1. The van der Waals surface area contributed by atoms with Gasteiger partial charge in [-0.25, -0.2) is 9.97 Å². The number of aromatic nitrogens is 2. The van der Waals surface area contributed by atoms with Crippen molar-refractivity contribution in [1.29, 1.82) is 0 Å². The maximum Gasteiger partial charge on any atom is 0.181 e. The van der Waals surface area contributed by atoms with Crippen molar-refractivity contribution in [2.75, 3.05) is 0 Å². The second-order valence-corrected chi connectivity index (χ2v) is 2.58. The third-order valence-electron chi connectivity index (χ3n) is 1.70. The minimum Gasteiger partial charge on any atom is -0.442 e. The summed E-state index contributed by atoms with van der Waals surface area (Å²) < 4.78 is 5.10. The zero-order chi connectivity index (χ0) is 9.10. The van der Waals surface area contributed by atoms with E-state index in [1.54, 1.807) is 6.20 Å². The van der Waals surface area contributed by atoms with Crippen molar-refractivity contribution >= 4 is 0 Å². The van der Waals surface area contributed by atoms with Gasteiger partial charge < -0.3 is 10.2 Å². The fourth-order valence-electron chi connectivity index (χ4n) is 1.07. The molecule has 2 aromatic rings. The molecule has 4 nitrogen and oxygen atoms in total. The predicted molar refractivity (Wildman–Crippen MR) is 47.6 cm³/mol. The van der Waals surface area contributed by atoms with Crippen molar-refractivity contribution < 1.29 is 4.42 Å². The van der Waals surface area contributed by atoms with Gasteiger partial charge in [-0.2, -0.15) is 0 Å². The van der Waals surface area contributed by atoms with Crippen LogP contribution in [0, 0.1) is 0 Å². The van der Waals surface area contributed by atoms with Gasteiger partial charge in [0.05, 0.1) is 11.9 Å². The molecule has 0 unspecified atom stereocenters. The Morgan fingerprint density at radius 1 is 1.38 bits per heavy atom. The molecule has 0 atom stereocenters. The van der Waals surface area contributed by atoms with Crippen LogP contribution in [0.5, 0.6) is 0 Å². The average molecular weight is 175 g/mol. The van der Waals surface area contributed by atoms with Crippen LogP contribution in [0.4, 0.5) is 0 Å². The number of nitrogens with two attached hydrogens (primary N) is 1. The molecule has 0 bridgehead atoms. The highest BCUT2D eigenvalue weighted by Gasteiger charge is 2.02. The molecule has 4 heteroatoms. The zero-order valence-electron chi connectivity index (χ0n) is 6.97. The van der Waals surface area contributed by atoms with Gasteiger partial charge in [0, 0.05) is 6.54 Å². The molecule has 0 aliphatic heterocycles. The van der Waals surface area contributed by atoms with E-state index in [1.165, 1.54) is 6.39 Å². The summed E-state index contributed by atoms with van der Waals surface area (Å²) in [6.07, 6.45) is 3.01. The lowest BCUT2D eigenvalue weighted by Crippen LogP contribution is -1.99. The number of pyridine rings is 1. The fraction of sp³-hybridized carbons (Fsp3) is 0.111. The molecule has 0 aliphatic carbocycles. The van der Waals surface area contributed by atoms with Crippen molar-refractivity contribution in [3.05, 3.63) is 36.5 Å². The molecular formula is C9H9N3O. The third kappa shape index (κ3) is 1.57. The minimum absolute atomic E-state index is 0.433. The van der Waals surface area contributed by atoms with E-state index in [1.807, 2.05) is 18.2 Å². The van der Waals surface area contributed by atoms with Gasteiger partial charge >= 0.3 is 0 Å². The highest BCUT2D eigenvalue weighted by Crippen LogP contribution is 2.15. The van der Waals surface area contributed by atoms with Gasteiger partial charge in [0.2, 0.25) is 0 Å². The van der Waals surface area contributed by atoms with E-state index in [9.17, 15) is 0 Å². The lowest BCUT2D eigenvalue weighted by molar-refractivity contribution is 0.569. The summed E-state index contributed by atoms with van der Waals surface area (Å²) in [5, 5.41) is 0. The second kappa shape index (κ2) is 3.37. The van der Waals surface area contributed by atoms with Crippen LogP contribution in [0.1, 0.15) is 5.69 Å². The standard InChI is InChI=1S/C9H9N3O/c10-4-7-2-1-3-8(12-7)9-5-11-6-13-9/h1-3,5-6H,4,10H2. The lowest BCUT2D eigenvalue weighted by Gasteiger charge is -1.98. The van der Waals surface area contributed by atoms with E-state index in [4.69, 9.17) is 10.2 Å². The molecule has 0 aliphatic rings. The van der Waals surface area contributed by atoms with E-state index in [2.05, 4.69) is 9.97 Å². The molecule has 0 radical (unpaired) electrons. The SMILES string of the molecule is NCc1cccc(-c2cnco2)n1. The summed E-state index contributed by atoms with van der Waals surface area (Å²) in [6.45, 7) is 0.433. The van der Waals surface area contributed by atoms with Crippen LogP contribution < -0.4 is 5.73 Å². The molecule has 66 valence electrons. The number of nitrogens with zero attached hydrogens (tertiary/aromatic N) is 2. The van der Waals surface area contributed by atoms with Crippen molar-refractivity contribution in [1.82, 2.24) is 9.97 Å². The molecule has 0 fully saturated rings. The molecule has 0 saturated heterocycles. The first-order chi connectivity index (χ1) is 6.40. The van der Waals surface area contributed by atoms with Gasteiger partial charge in [-0.3, -0.25) is 0 Å².